The first kappa shape index (κ1) is 22.8. The minimum absolute atomic E-state index is 0.0224. The number of anilines is 2. The van der Waals surface area contributed by atoms with Gasteiger partial charge in [-0.3, -0.25) is 4.90 Å². The molecule has 1 aromatic carbocycles. The number of aliphatic hydroxyl groups is 1. The Labute approximate surface area is 188 Å². The summed E-state index contributed by atoms with van der Waals surface area (Å²) in [6.45, 7) is 7.55. The third kappa shape index (κ3) is 4.85. The van der Waals surface area contributed by atoms with Gasteiger partial charge in [-0.2, -0.15) is 4.31 Å². The summed E-state index contributed by atoms with van der Waals surface area (Å²) in [7, 11) is -3.75. The first-order valence-electron chi connectivity index (χ1n) is 10.8. The van der Waals surface area contributed by atoms with Crippen LogP contribution in [0.15, 0.2) is 35.2 Å². The molecular formula is C21H29FN6O3S. The van der Waals surface area contributed by atoms with Gasteiger partial charge in [-0.15, -0.1) is 10.2 Å². The average Bonchev–Trinajstić information content (AvgIpc) is 2.81. The fourth-order valence-corrected chi connectivity index (χ4v) is 5.80. The van der Waals surface area contributed by atoms with E-state index in [1.54, 1.807) is 6.92 Å². The van der Waals surface area contributed by atoms with E-state index >= 15 is 0 Å². The Morgan fingerprint density at radius 2 is 1.47 bits per heavy atom. The molecule has 3 heterocycles. The van der Waals surface area contributed by atoms with Crippen molar-refractivity contribution in [2.24, 2.45) is 0 Å². The largest absolute Gasteiger partial charge is 0.395 e. The molecule has 1 N–H and O–H groups in total. The maximum absolute atomic E-state index is 13.6. The lowest BCUT2D eigenvalue weighted by Gasteiger charge is -2.36. The number of aryl methyl sites for hydroxylation is 1. The molecule has 0 amide bonds. The molecule has 32 heavy (non-hydrogen) atoms. The van der Waals surface area contributed by atoms with Crippen molar-refractivity contribution in [1.82, 2.24) is 19.4 Å². The first-order chi connectivity index (χ1) is 15.4. The van der Waals surface area contributed by atoms with Crippen molar-refractivity contribution in [3.8, 4) is 0 Å². The third-order valence-electron chi connectivity index (χ3n) is 6.08. The second-order valence-electron chi connectivity index (χ2n) is 8.10. The number of aromatic nitrogens is 2. The molecule has 0 atom stereocenters. The minimum Gasteiger partial charge on any atom is -0.395 e. The van der Waals surface area contributed by atoms with Gasteiger partial charge in [-0.1, -0.05) is 6.07 Å². The van der Waals surface area contributed by atoms with E-state index in [2.05, 4.69) is 20.0 Å². The lowest BCUT2D eigenvalue weighted by atomic mass is 10.2. The van der Waals surface area contributed by atoms with Crippen molar-refractivity contribution in [2.45, 2.75) is 11.8 Å². The zero-order valence-corrected chi connectivity index (χ0v) is 19.0. The number of hydrogen-bond donors (Lipinski definition) is 1. The fraction of sp³-hybridized carbons (Fsp3) is 0.524. The van der Waals surface area contributed by atoms with Gasteiger partial charge >= 0.3 is 0 Å². The van der Waals surface area contributed by atoms with Crippen LogP contribution >= 0.6 is 0 Å². The number of nitrogens with zero attached hydrogens (tertiary/aromatic N) is 6. The predicted octanol–water partition coefficient (Wildman–Crippen LogP) is 0.549. The maximum atomic E-state index is 13.6. The molecule has 0 saturated carbocycles. The number of β-amino-alcohol motifs (C(OH)–C–C–N with tert-alkyl or cyclic N) is 1. The highest BCUT2D eigenvalue weighted by Crippen LogP contribution is 2.24. The van der Waals surface area contributed by atoms with Crippen molar-refractivity contribution in [2.75, 3.05) is 75.3 Å². The Balaban J connectivity index is 1.36. The van der Waals surface area contributed by atoms with E-state index < -0.39 is 15.8 Å². The molecule has 2 fully saturated rings. The highest BCUT2D eigenvalue weighted by atomic mass is 32.2. The van der Waals surface area contributed by atoms with Crippen LogP contribution in [0.25, 0.3) is 0 Å². The number of benzene rings is 1. The lowest BCUT2D eigenvalue weighted by molar-refractivity contribution is 0.188. The summed E-state index contributed by atoms with van der Waals surface area (Å²) in [4.78, 5) is 6.43. The Bertz CT molecular complexity index is 1020. The molecule has 0 radical (unpaired) electrons. The maximum Gasteiger partial charge on any atom is 0.243 e. The van der Waals surface area contributed by atoms with Crippen molar-refractivity contribution >= 4 is 21.7 Å². The van der Waals surface area contributed by atoms with Crippen LogP contribution in [0, 0.1) is 12.7 Å². The topological polar surface area (TPSA) is 93.1 Å². The summed E-state index contributed by atoms with van der Waals surface area (Å²) >= 11 is 0. The van der Waals surface area contributed by atoms with Gasteiger partial charge in [-0.05, 0) is 36.8 Å². The quantitative estimate of drug-likeness (QED) is 0.663. The summed E-state index contributed by atoms with van der Waals surface area (Å²) in [5.74, 6) is 0.977. The van der Waals surface area contributed by atoms with Gasteiger partial charge in [0.1, 0.15) is 5.82 Å². The zero-order chi connectivity index (χ0) is 22.7. The van der Waals surface area contributed by atoms with E-state index in [0.29, 0.717) is 44.1 Å². The fourth-order valence-electron chi connectivity index (χ4n) is 4.15. The summed E-state index contributed by atoms with van der Waals surface area (Å²) in [6, 6.07) is 7.71. The molecule has 2 aromatic rings. The lowest BCUT2D eigenvalue weighted by Crippen LogP contribution is -2.49. The zero-order valence-electron chi connectivity index (χ0n) is 18.2. The second-order valence-corrected chi connectivity index (χ2v) is 10.0. The Kier molecular flexibility index (Phi) is 6.89. The van der Waals surface area contributed by atoms with Crippen LogP contribution in [0.5, 0.6) is 0 Å². The van der Waals surface area contributed by atoms with Crippen LogP contribution < -0.4 is 9.80 Å². The molecule has 2 aliphatic heterocycles. The monoisotopic (exact) mass is 464 g/mol. The number of hydrogen-bond acceptors (Lipinski definition) is 8. The van der Waals surface area contributed by atoms with Crippen molar-refractivity contribution in [3.63, 3.8) is 0 Å². The minimum atomic E-state index is -3.75. The smallest absolute Gasteiger partial charge is 0.243 e. The summed E-state index contributed by atoms with van der Waals surface area (Å²) < 4.78 is 41.0. The predicted molar refractivity (Wildman–Crippen MR) is 120 cm³/mol. The van der Waals surface area contributed by atoms with Crippen LogP contribution in [0.2, 0.25) is 0 Å². The van der Waals surface area contributed by atoms with Crippen LogP contribution in [0.4, 0.5) is 16.0 Å². The summed E-state index contributed by atoms with van der Waals surface area (Å²) in [6.07, 6.45) is 0. The van der Waals surface area contributed by atoms with Gasteiger partial charge in [0.05, 0.1) is 11.5 Å². The van der Waals surface area contributed by atoms with E-state index in [1.807, 2.05) is 17.0 Å². The van der Waals surface area contributed by atoms with Crippen LogP contribution in [-0.4, -0.2) is 98.4 Å². The number of piperazine rings is 2. The van der Waals surface area contributed by atoms with Crippen molar-refractivity contribution in [1.29, 1.82) is 0 Å². The highest BCUT2D eigenvalue weighted by Gasteiger charge is 2.30. The van der Waals surface area contributed by atoms with Gasteiger partial charge in [0.15, 0.2) is 11.6 Å². The molecule has 0 unspecified atom stereocenters. The van der Waals surface area contributed by atoms with Gasteiger partial charge in [0.2, 0.25) is 10.0 Å². The van der Waals surface area contributed by atoms with E-state index in [9.17, 15) is 12.8 Å². The first-order valence-corrected chi connectivity index (χ1v) is 12.3. The Hall–Kier alpha value is -2.34. The molecule has 1 aromatic heterocycles. The van der Waals surface area contributed by atoms with E-state index in [4.69, 9.17) is 5.11 Å². The number of sulfonamides is 1. The van der Waals surface area contributed by atoms with Crippen molar-refractivity contribution < 1.29 is 17.9 Å². The molecule has 0 aliphatic carbocycles. The SMILES string of the molecule is Cc1ccc(F)cc1S(=O)(=O)N1CCN(c2ccc(N3CCN(CCO)CC3)nn2)CC1. The van der Waals surface area contributed by atoms with Gasteiger partial charge in [-0.25, -0.2) is 12.8 Å². The van der Waals surface area contributed by atoms with E-state index in [-0.39, 0.29) is 11.5 Å². The van der Waals surface area contributed by atoms with Gasteiger partial charge < -0.3 is 14.9 Å². The van der Waals surface area contributed by atoms with Gasteiger partial charge in [0.25, 0.3) is 0 Å². The number of aliphatic hydroxyl groups excluding tert-OH is 1. The Morgan fingerprint density at radius 3 is 2.00 bits per heavy atom. The third-order valence-corrected chi connectivity index (χ3v) is 8.12. The van der Waals surface area contributed by atoms with Crippen LogP contribution in [-0.2, 0) is 10.0 Å². The number of rotatable bonds is 6. The Morgan fingerprint density at radius 1 is 0.906 bits per heavy atom. The summed E-state index contributed by atoms with van der Waals surface area (Å²) in [5.41, 5.74) is 0.535. The van der Waals surface area contributed by atoms with Crippen LogP contribution in [0.3, 0.4) is 0 Å². The molecule has 0 bridgehead atoms. The van der Waals surface area contributed by atoms with Crippen LogP contribution in [0.1, 0.15) is 5.56 Å². The molecular weight excluding hydrogens is 435 g/mol. The van der Waals surface area contributed by atoms with E-state index in [0.717, 1.165) is 38.1 Å². The molecule has 2 saturated heterocycles. The molecule has 2 aliphatic rings. The summed E-state index contributed by atoms with van der Waals surface area (Å²) in [5, 5.41) is 17.8. The van der Waals surface area contributed by atoms with E-state index in [1.165, 1.54) is 16.4 Å². The van der Waals surface area contributed by atoms with Crippen molar-refractivity contribution in [3.05, 3.63) is 41.7 Å². The molecule has 4 rings (SSSR count). The average molecular weight is 465 g/mol. The normalized spacial score (nSPS) is 18.8. The van der Waals surface area contributed by atoms with Gasteiger partial charge in [0, 0.05) is 58.9 Å². The second kappa shape index (κ2) is 9.65. The molecule has 9 nitrogen and oxygen atoms in total. The molecule has 174 valence electrons. The molecule has 0 spiro atoms. The highest BCUT2D eigenvalue weighted by molar-refractivity contribution is 7.89. The molecule has 11 heteroatoms. The number of halogens is 1. The standard InChI is InChI=1S/C21H29FN6O3S/c1-17-2-3-18(22)16-19(17)32(30,31)28-12-10-27(11-13-28)21-5-4-20(23-24-21)26-8-6-25(7-9-26)14-15-29/h2-5,16,29H,6-15H2,1H3.